The maximum atomic E-state index is 12.5. The summed E-state index contributed by atoms with van der Waals surface area (Å²) in [5.74, 6) is 0.675. The monoisotopic (exact) mass is 254 g/mol. The van der Waals surface area contributed by atoms with E-state index in [1.165, 1.54) is 0 Å². The zero-order valence-corrected chi connectivity index (χ0v) is 10.4. The van der Waals surface area contributed by atoms with Crippen molar-refractivity contribution in [2.24, 2.45) is 5.73 Å². The van der Waals surface area contributed by atoms with E-state index in [-0.39, 0.29) is 5.78 Å². The zero-order chi connectivity index (χ0) is 13.2. The highest BCUT2D eigenvalue weighted by Gasteiger charge is 2.21. The number of ketones is 1. The molecular formula is C15H14N2O2. The lowest BCUT2D eigenvalue weighted by Gasteiger charge is -2.07. The van der Waals surface area contributed by atoms with Crippen LogP contribution in [-0.4, -0.2) is 17.4 Å². The van der Waals surface area contributed by atoms with E-state index in [0.717, 1.165) is 17.7 Å². The Morgan fingerprint density at radius 1 is 1.37 bits per heavy atom. The number of hydrogen-bond donors (Lipinski definition) is 1. The molecule has 2 aromatic rings. The number of fused-ring (bicyclic) bond motifs is 1. The third-order valence-electron chi connectivity index (χ3n) is 3.25. The van der Waals surface area contributed by atoms with Crippen LogP contribution in [0, 0.1) is 0 Å². The van der Waals surface area contributed by atoms with Crippen molar-refractivity contribution in [3.8, 4) is 5.75 Å². The van der Waals surface area contributed by atoms with Gasteiger partial charge in [-0.3, -0.25) is 9.78 Å². The van der Waals surface area contributed by atoms with Crippen molar-refractivity contribution >= 4 is 5.78 Å². The van der Waals surface area contributed by atoms with Crippen molar-refractivity contribution in [3.63, 3.8) is 0 Å². The first-order valence-electron chi connectivity index (χ1n) is 6.24. The molecule has 4 nitrogen and oxygen atoms in total. The van der Waals surface area contributed by atoms with Gasteiger partial charge in [0.1, 0.15) is 5.75 Å². The number of nitrogens with two attached hydrogens (primary N) is 1. The molecule has 0 saturated heterocycles. The van der Waals surface area contributed by atoms with Crippen molar-refractivity contribution in [2.75, 3.05) is 6.61 Å². The van der Waals surface area contributed by atoms with Crippen LogP contribution in [0.1, 0.15) is 27.2 Å². The van der Waals surface area contributed by atoms with Crippen LogP contribution < -0.4 is 10.5 Å². The fourth-order valence-electron chi connectivity index (χ4n) is 2.28. The summed E-state index contributed by atoms with van der Waals surface area (Å²) in [7, 11) is 0. The van der Waals surface area contributed by atoms with E-state index in [1.54, 1.807) is 24.4 Å². The lowest BCUT2D eigenvalue weighted by atomic mass is 10.00. The number of pyridine rings is 1. The Labute approximate surface area is 111 Å². The molecule has 96 valence electrons. The third kappa shape index (κ3) is 2.11. The molecule has 1 aromatic heterocycles. The number of aromatic nitrogens is 1. The SMILES string of the molecule is NCc1cc(C(=O)c2cccc3c2OCC3)ccn1. The molecule has 0 aliphatic carbocycles. The quantitative estimate of drug-likeness (QED) is 0.847. The second kappa shape index (κ2) is 4.82. The maximum absolute atomic E-state index is 12.5. The van der Waals surface area contributed by atoms with Gasteiger partial charge in [0.2, 0.25) is 0 Å². The first-order chi connectivity index (χ1) is 9.29. The standard InChI is InChI=1S/C15H14N2O2/c16-9-12-8-11(4-6-17-12)14(18)13-3-1-2-10-5-7-19-15(10)13/h1-4,6,8H,5,7,9,16H2. The minimum Gasteiger partial charge on any atom is -0.492 e. The second-order valence-electron chi connectivity index (χ2n) is 4.46. The number of carbonyl (C=O) groups excluding carboxylic acids is 1. The number of benzene rings is 1. The summed E-state index contributed by atoms with van der Waals surface area (Å²) in [4.78, 5) is 16.6. The highest BCUT2D eigenvalue weighted by atomic mass is 16.5. The smallest absolute Gasteiger partial charge is 0.196 e. The van der Waals surface area contributed by atoms with Gasteiger partial charge in [0.25, 0.3) is 0 Å². The van der Waals surface area contributed by atoms with Gasteiger partial charge in [0.05, 0.1) is 17.9 Å². The van der Waals surface area contributed by atoms with Gasteiger partial charge in [-0.1, -0.05) is 12.1 Å². The molecule has 0 radical (unpaired) electrons. The van der Waals surface area contributed by atoms with E-state index in [0.29, 0.717) is 30.0 Å². The van der Waals surface area contributed by atoms with Crippen molar-refractivity contribution in [1.29, 1.82) is 0 Å². The van der Waals surface area contributed by atoms with E-state index in [9.17, 15) is 4.79 Å². The molecule has 0 amide bonds. The number of nitrogens with zero attached hydrogens (tertiary/aromatic N) is 1. The molecule has 0 bridgehead atoms. The minimum absolute atomic E-state index is 0.0455. The van der Waals surface area contributed by atoms with Gasteiger partial charge in [0, 0.05) is 24.7 Å². The minimum atomic E-state index is -0.0455. The van der Waals surface area contributed by atoms with Crippen LogP contribution in [0.2, 0.25) is 0 Å². The third-order valence-corrected chi connectivity index (χ3v) is 3.25. The molecule has 1 aliphatic rings. The van der Waals surface area contributed by atoms with Crippen LogP contribution in [0.4, 0.5) is 0 Å². The number of rotatable bonds is 3. The second-order valence-corrected chi connectivity index (χ2v) is 4.46. The van der Waals surface area contributed by atoms with Gasteiger partial charge in [0.15, 0.2) is 5.78 Å². The van der Waals surface area contributed by atoms with Gasteiger partial charge >= 0.3 is 0 Å². The molecule has 2 heterocycles. The lowest BCUT2D eigenvalue weighted by Crippen LogP contribution is -2.06. The number of carbonyl (C=O) groups is 1. The van der Waals surface area contributed by atoms with Crippen LogP contribution >= 0.6 is 0 Å². The first-order valence-corrected chi connectivity index (χ1v) is 6.24. The zero-order valence-electron chi connectivity index (χ0n) is 10.4. The fraction of sp³-hybridized carbons (Fsp3) is 0.200. The van der Waals surface area contributed by atoms with Crippen molar-refractivity contribution in [3.05, 3.63) is 58.9 Å². The van der Waals surface area contributed by atoms with E-state index in [2.05, 4.69) is 4.98 Å². The topological polar surface area (TPSA) is 65.2 Å². The van der Waals surface area contributed by atoms with E-state index >= 15 is 0 Å². The molecule has 3 rings (SSSR count). The highest BCUT2D eigenvalue weighted by Crippen LogP contribution is 2.30. The summed E-state index contributed by atoms with van der Waals surface area (Å²) in [6.45, 7) is 0.967. The summed E-state index contributed by atoms with van der Waals surface area (Å²) < 4.78 is 5.57. The van der Waals surface area contributed by atoms with Crippen LogP contribution in [0.15, 0.2) is 36.5 Å². The molecule has 1 aromatic carbocycles. The van der Waals surface area contributed by atoms with Crippen molar-refractivity contribution < 1.29 is 9.53 Å². The van der Waals surface area contributed by atoms with Gasteiger partial charge in [-0.15, -0.1) is 0 Å². The molecule has 0 unspecified atom stereocenters. The normalized spacial score (nSPS) is 12.9. The van der Waals surface area contributed by atoms with Crippen LogP contribution in [0.5, 0.6) is 5.75 Å². The average Bonchev–Trinajstić information content (AvgIpc) is 2.95. The Morgan fingerprint density at radius 2 is 2.26 bits per heavy atom. The van der Waals surface area contributed by atoms with Crippen LogP contribution in [-0.2, 0) is 13.0 Å². The largest absolute Gasteiger partial charge is 0.492 e. The first kappa shape index (κ1) is 11.9. The Bertz CT molecular complexity index is 638. The molecule has 0 fully saturated rings. The Balaban J connectivity index is 2.02. The summed E-state index contributed by atoms with van der Waals surface area (Å²) in [5, 5.41) is 0. The highest BCUT2D eigenvalue weighted by molar-refractivity contribution is 6.11. The summed E-state index contributed by atoms with van der Waals surface area (Å²) in [6, 6.07) is 9.13. The molecule has 1 aliphatic heterocycles. The van der Waals surface area contributed by atoms with E-state index < -0.39 is 0 Å². The van der Waals surface area contributed by atoms with E-state index in [1.807, 2.05) is 12.1 Å². The molecule has 4 heteroatoms. The predicted molar refractivity (Wildman–Crippen MR) is 71.2 cm³/mol. The molecule has 19 heavy (non-hydrogen) atoms. The molecular weight excluding hydrogens is 240 g/mol. The van der Waals surface area contributed by atoms with Gasteiger partial charge in [-0.2, -0.15) is 0 Å². The molecule has 0 atom stereocenters. The van der Waals surface area contributed by atoms with Crippen molar-refractivity contribution in [1.82, 2.24) is 4.98 Å². The number of ether oxygens (including phenoxy) is 1. The Morgan fingerprint density at radius 3 is 3.11 bits per heavy atom. The molecule has 0 spiro atoms. The average molecular weight is 254 g/mol. The summed E-state index contributed by atoms with van der Waals surface area (Å²) >= 11 is 0. The molecule has 2 N–H and O–H groups in total. The maximum Gasteiger partial charge on any atom is 0.196 e. The van der Waals surface area contributed by atoms with Gasteiger partial charge in [-0.25, -0.2) is 0 Å². The van der Waals surface area contributed by atoms with Crippen molar-refractivity contribution in [2.45, 2.75) is 13.0 Å². The van der Waals surface area contributed by atoms with Gasteiger partial charge in [-0.05, 0) is 23.8 Å². The Kier molecular flexibility index (Phi) is 3.01. The lowest BCUT2D eigenvalue weighted by molar-refractivity contribution is 0.103. The predicted octanol–water partition coefficient (Wildman–Crippen LogP) is 1.71. The Hall–Kier alpha value is -2.20. The van der Waals surface area contributed by atoms with E-state index in [4.69, 9.17) is 10.5 Å². The summed E-state index contributed by atoms with van der Waals surface area (Å²) in [5.41, 5.74) is 8.56. The van der Waals surface area contributed by atoms with Crippen LogP contribution in [0.3, 0.4) is 0 Å². The number of para-hydroxylation sites is 1. The fourth-order valence-corrected chi connectivity index (χ4v) is 2.28. The van der Waals surface area contributed by atoms with Gasteiger partial charge < -0.3 is 10.5 Å². The van der Waals surface area contributed by atoms with Crippen LogP contribution in [0.25, 0.3) is 0 Å². The molecule has 0 saturated carbocycles. The number of hydrogen-bond acceptors (Lipinski definition) is 4. The summed E-state index contributed by atoms with van der Waals surface area (Å²) in [6.07, 6.45) is 2.47.